The SMILES string of the molecule is CNC(C)(C)C(=O)NCC(C)C(C)(C)C. The minimum atomic E-state index is -0.488. The molecule has 0 aromatic carbocycles. The second-order valence-electron chi connectivity index (χ2n) is 5.85. The molecule has 0 aliphatic rings. The summed E-state index contributed by atoms with van der Waals surface area (Å²) in [5.74, 6) is 0.523. The van der Waals surface area contributed by atoms with Crippen LogP contribution in [0.1, 0.15) is 41.5 Å². The van der Waals surface area contributed by atoms with Gasteiger partial charge in [-0.3, -0.25) is 4.79 Å². The first-order valence-electron chi connectivity index (χ1n) is 5.58. The maximum absolute atomic E-state index is 11.8. The van der Waals surface area contributed by atoms with Gasteiger partial charge in [-0.05, 0) is 32.2 Å². The van der Waals surface area contributed by atoms with Gasteiger partial charge >= 0.3 is 0 Å². The Morgan fingerprint density at radius 3 is 2.00 bits per heavy atom. The maximum Gasteiger partial charge on any atom is 0.239 e. The highest BCUT2D eigenvalue weighted by Gasteiger charge is 2.27. The van der Waals surface area contributed by atoms with Gasteiger partial charge in [0.25, 0.3) is 0 Å². The number of carbonyl (C=O) groups is 1. The van der Waals surface area contributed by atoms with Crippen molar-refractivity contribution in [2.24, 2.45) is 11.3 Å². The van der Waals surface area contributed by atoms with Crippen LogP contribution in [0.25, 0.3) is 0 Å². The Morgan fingerprint density at radius 2 is 1.67 bits per heavy atom. The van der Waals surface area contributed by atoms with Crippen molar-refractivity contribution in [3.05, 3.63) is 0 Å². The number of amides is 1. The van der Waals surface area contributed by atoms with Crippen molar-refractivity contribution in [2.75, 3.05) is 13.6 Å². The molecule has 15 heavy (non-hydrogen) atoms. The van der Waals surface area contributed by atoms with Gasteiger partial charge in [-0.1, -0.05) is 27.7 Å². The first kappa shape index (κ1) is 14.4. The second-order valence-corrected chi connectivity index (χ2v) is 5.85. The lowest BCUT2D eigenvalue weighted by molar-refractivity contribution is -0.126. The molecule has 0 aromatic rings. The van der Waals surface area contributed by atoms with Gasteiger partial charge in [0, 0.05) is 6.54 Å². The molecule has 3 nitrogen and oxygen atoms in total. The molecule has 2 N–H and O–H groups in total. The molecule has 0 rings (SSSR count). The van der Waals surface area contributed by atoms with Gasteiger partial charge in [0.15, 0.2) is 0 Å². The highest BCUT2D eigenvalue weighted by atomic mass is 16.2. The molecular formula is C12H26N2O. The van der Waals surface area contributed by atoms with Gasteiger partial charge in [0.1, 0.15) is 0 Å². The molecule has 0 aromatic heterocycles. The molecule has 3 heteroatoms. The van der Waals surface area contributed by atoms with Crippen LogP contribution in [-0.4, -0.2) is 25.0 Å². The lowest BCUT2D eigenvalue weighted by Crippen LogP contribution is -2.52. The van der Waals surface area contributed by atoms with Crippen molar-refractivity contribution in [3.8, 4) is 0 Å². The van der Waals surface area contributed by atoms with Crippen LogP contribution in [0.5, 0.6) is 0 Å². The smallest absolute Gasteiger partial charge is 0.239 e. The summed E-state index contributed by atoms with van der Waals surface area (Å²) in [6, 6.07) is 0. The van der Waals surface area contributed by atoms with Crippen LogP contribution in [0.15, 0.2) is 0 Å². The number of likely N-dealkylation sites (N-methyl/N-ethyl adjacent to an activating group) is 1. The van der Waals surface area contributed by atoms with E-state index < -0.39 is 5.54 Å². The normalized spacial score (nSPS) is 14.9. The van der Waals surface area contributed by atoms with E-state index >= 15 is 0 Å². The van der Waals surface area contributed by atoms with Gasteiger partial charge in [-0.15, -0.1) is 0 Å². The topological polar surface area (TPSA) is 41.1 Å². The van der Waals surface area contributed by atoms with Crippen molar-refractivity contribution in [1.82, 2.24) is 10.6 Å². The van der Waals surface area contributed by atoms with Crippen LogP contribution in [0, 0.1) is 11.3 Å². The minimum Gasteiger partial charge on any atom is -0.354 e. The van der Waals surface area contributed by atoms with Gasteiger partial charge in [0.05, 0.1) is 5.54 Å². The zero-order valence-electron chi connectivity index (χ0n) is 11.2. The standard InChI is InChI=1S/C12H26N2O/c1-9(11(2,3)4)8-14-10(15)12(5,6)13-7/h9,13H,8H2,1-7H3,(H,14,15). The highest BCUT2D eigenvalue weighted by Crippen LogP contribution is 2.24. The van der Waals surface area contributed by atoms with E-state index in [0.29, 0.717) is 5.92 Å². The number of hydrogen-bond acceptors (Lipinski definition) is 2. The van der Waals surface area contributed by atoms with Crippen LogP contribution >= 0.6 is 0 Å². The summed E-state index contributed by atoms with van der Waals surface area (Å²) in [4.78, 5) is 11.8. The molecule has 1 atom stereocenters. The largest absolute Gasteiger partial charge is 0.354 e. The lowest BCUT2D eigenvalue weighted by atomic mass is 9.82. The van der Waals surface area contributed by atoms with Crippen molar-refractivity contribution >= 4 is 5.91 Å². The fraction of sp³-hybridized carbons (Fsp3) is 0.917. The Kier molecular flexibility index (Phi) is 4.78. The predicted molar refractivity (Wildman–Crippen MR) is 64.8 cm³/mol. The van der Waals surface area contributed by atoms with Crippen molar-refractivity contribution in [3.63, 3.8) is 0 Å². The van der Waals surface area contributed by atoms with Crippen molar-refractivity contribution < 1.29 is 4.79 Å². The fourth-order valence-corrected chi connectivity index (χ4v) is 0.886. The first-order valence-corrected chi connectivity index (χ1v) is 5.58. The molecule has 0 bridgehead atoms. The van der Waals surface area contributed by atoms with E-state index in [0.717, 1.165) is 6.54 Å². The third kappa shape index (κ3) is 4.65. The third-order valence-corrected chi connectivity index (χ3v) is 3.24. The fourth-order valence-electron chi connectivity index (χ4n) is 0.886. The van der Waals surface area contributed by atoms with Crippen molar-refractivity contribution in [2.45, 2.75) is 47.1 Å². The third-order valence-electron chi connectivity index (χ3n) is 3.24. The Morgan fingerprint density at radius 1 is 1.20 bits per heavy atom. The summed E-state index contributed by atoms with van der Waals surface area (Å²) < 4.78 is 0. The van der Waals surface area contributed by atoms with E-state index in [9.17, 15) is 4.79 Å². The monoisotopic (exact) mass is 214 g/mol. The quantitative estimate of drug-likeness (QED) is 0.749. The van der Waals surface area contributed by atoms with E-state index in [1.54, 1.807) is 7.05 Å². The van der Waals surface area contributed by atoms with E-state index in [4.69, 9.17) is 0 Å². The summed E-state index contributed by atoms with van der Waals surface area (Å²) in [5.41, 5.74) is -0.255. The molecule has 0 saturated heterocycles. The predicted octanol–water partition coefficient (Wildman–Crippen LogP) is 1.78. The molecule has 90 valence electrons. The molecular weight excluding hydrogens is 188 g/mol. The Balaban J connectivity index is 4.13. The summed E-state index contributed by atoms with van der Waals surface area (Å²) in [7, 11) is 1.80. The van der Waals surface area contributed by atoms with E-state index in [1.807, 2.05) is 13.8 Å². The van der Waals surface area contributed by atoms with Gasteiger partial charge in [-0.2, -0.15) is 0 Å². The Bertz CT molecular complexity index is 216. The highest BCUT2D eigenvalue weighted by molar-refractivity contribution is 5.85. The zero-order chi connectivity index (χ0) is 12.3. The van der Waals surface area contributed by atoms with Crippen LogP contribution in [0.3, 0.4) is 0 Å². The molecule has 0 saturated carbocycles. The Hall–Kier alpha value is -0.570. The van der Waals surface area contributed by atoms with E-state index in [1.165, 1.54) is 0 Å². The first-order chi connectivity index (χ1) is 6.61. The number of carbonyl (C=O) groups excluding carboxylic acids is 1. The maximum atomic E-state index is 11.8. The zero-order valence-corrected chi connectivity index (χ0v) is 11.2. The van der Waals surface area contributed by atoms with E-state index in [-0.39, 0.29) is 11.3 Å². The van der Waals surface area contributed by atoms with Gasteiger partial charge < -0.3 is 10.6 Å². The van der Waals surface area contributed by atoms with Gasteiger partial charge in [-0.25, -0.2) is 0 Å². The molecule has 1 unspecified atom stereocenters. The van der Waals surface area contributed by atoms with Gasteiger partial charge in [0.2, 0.25) is 5.91 Å². The van der Waals surface area contributed by atoms with E-state index in [2.05, 4.69) is 38.3 Å². The second kappa shape index (κ2) is 4.97. The summed E-state index contributed by atoms with van der Waals surface area (Å²) >= 11 is 0. The van der Waals surface area contributed by atoms with Crippen LogP contribution < -0.4 is 10.6 Å². The molecule has 0 fully saturated rings. The Labute approximate surface area is 94.0 Å². The molecule has 0 spiro atoms. The number of hydrogen-bond donors (Lipinski definition) is 2. The molecule has 0 aliphatic heterocycles. The van der Waals surface area contributed by atoms with Crippen LogP contribution in [0.2, 0.25) is 0 Å². The summed E-state index contributed by atoms with van der Waals surface area (Å²) in [6.45, 7) is 13.2. The summed E-state index contributed by atoms with van der Waals surface area (Å²) in [5, 5.41) is 5.97. The number of rotatable bonds is 4. The molecule has 1 amide bonds. The molecule has 0 aliphatic carbocycles. The lowest BCUT2D eigenvalue weighted by Gasteiger charge is -2.29. The summed E-state index contributed by atoms with van der Waals surface area (Å²) in [6.07, 6.45) is 0. The molecule has 0 radical (unpaired) electrons. The average molecular weight is 214 g/mol. The average Bonchev–Trinajstić information content (AvgIpc) is 2.11. The van der Waals surface area contributed by atoms with Crippen LogP contribution in [-0.2, 0) is 4.79 Å². The number of nitrogens with one attached hydrogen (secondary N) is 2. The van der Waals surface area contributed by atoms with Crippen molar-refractivity contribution in [1.29, 1.82) is 0 Å². The minimum absolute atomic E-state index is 0.0566. The van der Waals surface area contributed by atoms with Crippen LogP contribution in [0.4, 0.5) is 0 Å². The molecule has 0 heterocycles.